The summed E-state index contributed by atoms with van der Waals surface area (Å²) in [5.41, 5.74) is 8.88. The summed E-state index contributed by atoms with van der Waals surface area (Å²) in [5, 5.41) is 13.1. The quantitative estimate of drug-likeness (QED) is 0.382. The number of nitrogens with zero attached hydrogens (tertiary/aromatic N) is 7. The van der Waals surface area contributed by atoms with Crippen LogP contribution in [0, 0.1) is 0 Å². The fourth-order valence-corrected chi connectivity index (χ4v) is 2.67. The number of benzene rings is 1. The lowest BCUT2D eigenvalue weighted by atomic mass is 10.1. The molecule has 0 saturated heterocycles. The Bertz CT molecular complexity index is 1200. The molecule has 10 nitrogen and oxygen atoms in total. The van der Waals surface area contributed by atoms with Crippen LogP contribution in [0.3, 0.4) is 0 Å². The number of carbonyl (C=O) groups is 1. The largest absolute Gasteiger partial charge is 0.385 e. The number of pyridine rings is 1. The minimum atomic E-state index is -0.606. The molecule has 10 heteroatoms. The minimum absolute atomic E-state index is 0.302. The van der Waals surface area contributed by atoms with Gasteiger partial charge in [-0.25, -0.2) is 14.6 Å². The smallest absolute Gasteiger partial charge is 0.258 e. The summed E-state index contributed by atoms with van der Waals surface area (Å²) < 4.78 is 1.67. The molecule has 0 atom stereocenters. The van der Waals surface area contributed by atoms with Gasteiger partial charge in [-0.1, -0.05) is 36.3 Å². The third-order valence-corrected chi connectivity index (χ3v) is 4.01. The van der Waals surface area contributed by atoms with Gasteiger partial charge in [-0.05, 0) is 30.7 Å². The second-order valence-electron chi connectivity index (χ2n) is 6.10. The Kier molecular flexibility index (Phi) is 6.58. The van der Waals surface area contributed by atoms with Crippen molar-refractivity contribution in [1.82, 2.24) is 29.9 Å². The summed E-state index contributed by atoms with van der Waals surface area (Å²) in [6, 6.07) is 9.92. The lowest BCUT2D eigenvalue weighted by Crippen LogP contribution is -2.17. The van der Waals surface area contributed by atoms with Gasteiger partial charge in [-0.15, -0.1) is 5.10 Å². The maximum atomic E-state index is 10.7. The highest BCUT2D eigenvalue weighted by atomic mass is 16.6. The van der Waals surface area contributed by atoms with Crippen molar-refractivity contribution < 1.29 is 9.63 Å². The second-order valence-corrected chi connectivity index (χ2v) is 6.10. The van der Waals surface area contributed by atoms with Gasteiger partial charge < -0.3 is 10.6 Å². The van der Waals surface area contributed by atoms with E-state index in [1.54, 1.807) is 17.8 Å². The molecule has 0 spiro atoms. The summed E-state index contributed by atoms with van der Waals surface area (Å²) in [4.78, 5) is 28.7. The molecular weight excluding hydrogens is 384 g/mol. The Morgan fingerprint density at radius 2 is 2.07 bits per heavy atom. The fourth-order valence-electron chi connectivity index (χ4n) is 2.67. The topological polar surface area (TPSA) is 134 Å². The third-order valence-electron chi connectivity index (χ3n) is 4.01. The number of carbonyl (C=O) groups excluding carboxylic acids is 1. The number of aromatic nitrogens is 6. The number of fused-ring (bicyclic) bond motifs is 2. The first kappa shape index (κ1) is 20.8. The van der Waals surface area contributed by atoms with Crippen LogP contribution >= 0.6 is 0 Å². The van der Waals surface area contributed by atoms with Crippen LogP contribution in [-0.2, 0) is 16.2 Å². The first-order valence-electron chi connectivity index (χ1n) is 9.45. The van der Waals surface area contributed by atoms with E-state index in [1.165, 1.54) is 6.20 Å². The highest BCUT2D eigenvalue weighted by Crippen LogP contribution is 2.15. The Morgan fingerprint density at radius 3 is 2.87 bits per heavy atom. The molecule has 30 heavy (non-hydrogen) atoms. The van der Waals surface area contributed by atoms with Gasteiger partial charge in [0.2, 0.25) is 5.65 Å². The molecule has 0 aliphatic heterocycles. The SMILES string of the molecule is C/C(=N\OCC(N)=O)c1cnc2nnn(Cc3ccc4ncccc4c3)c2n1.CC. The van der Waals surface area contributed by atoms with Crippen LogP contribution < -0.4 is 5.73 Å². The average molecular weight is 406 g/mol. The van der Waals surface area contributed by atoms with E-state index in [2.05, 4.69) is 36.5 Å². The molecule has 0 saturated carbocycles. The molecule has 3 heterocycles. The molecule has 1 aromatic carbocycles. The van der Waals surface area contributed by atoms with Crippen LogP contribution in [-0.4, -0.2) is 48.2 Å². The van der Waals surface area contributed by atoms with Crippen molar-refractivity contribution in [2.45, 2.75) is 27.3 Å². The van der Waals surface area contributed by atoms with Crippen LogP contribution in [0.1, 0.15) is 32.0 Å². The fraction of sp³-hybridized carbons (Fsp3) is 0.250. The van der Waals surface area contributed by atoms with Crippen molar-refractivity contribution in [3.8, 4) is 0 Å². The summed E-state index contributed by atoms with van der Waals surface area (Å²) >= 11 is 0. The van der Waals surface area contributed by atoms with Crippen molar-refractivity contribution in [2.24, 2.45) is 10.9 Å². The number of rotatable bonds is 6. The van der Waals surface area contributed by atoms with E-state index in [9.17, 15) is 4.79 Å². The summed E-state index contributed by atoms with van der Waals surface area (Å²) in [5.74, 6) is -0.606. The number of amides is 1. The van der Waals surface area contributed by atoms with Crippen molar-refractivity contribution in [2.75, 3.05) is 6.61 Å². The molecule has 3 aromatic heterocycles. The van der Waals surface area contributed by atoms with Gasteiger partial charge in [0.1, 0.15) is 11.4 Å². The zero-order chi connectivity index (χ0) is 21.5. The summed E-state index contributed by atoms with van der Waals surface area (Å²) in [6.45, 7) is 5.87. The number of hydrogen-bond acceptors (Lipinski definition) is 8. The standard InChI is InChI=1S/C18H16N8O2.C2H6/c1-11(24-28-10-16(19)27)15-8-21-17-18(22-15)26(25-23-17)9-12-4-5-14-13(7-12)3-2-6-20-14;1-2/h2-8H,9-10H2,1H3,(H2,19,27);1-2H3/b24-11+;. The predicted molar refractivity (Wildman–Crippen MR) is 113 cm³/mol. The highest BCUT2D eigenvalue weighted by Gasteiger charge is 2.11. The van der Waals surface area contributed by atoms with Gasteiger partial charge in [0.05, 0.1) is 18.3 Å². The van der Waals surface area contributed by atoms with E-state index in [1.807, 2.05) is 38.1 Å². The van der Waals surface area contributed by atoms with Gasteiger partial charge in [0.25, 0.3) is 5.91 Å². The number of oxime groups is 1. The molecule has 0 aliphatic rings. The van der Waals surface area contributed by atoms with Crippen LogP contribution in [0.5, 0.6) is 0 Å². The Balaban J connectivity index is 0.00000124. The number of hydrogen-bond donors (Lipinski definition) is 1. The van der Waals surface area contributed by atoms with E-state index in [4.69, 9.17) is 10.6 Å². The molecule has 0 aliphatic carbocycles. The van der Waals surface area contributed by atoms with Gasteiger partial charge in [-0.2, -0.15) is 0 Å². The molecule has 0 unspecified atom stereocenters. The van der Waals surface area contributed by atoms with Crippen LogP contribution in [0.15, 0.2) is 47.9 Å². The summed E-state index contributed by atoms with van der Waals surface area (Å²) in [6.07, 6.45) is 3.29. The van der Waals surface area contributed by atoms with E-state index in [-0.39, 0.29) is 6.61 Å². The maximum Gasteiger partial charge on any atom is 0.258 e. The second kappa shape index (κ2) is 9.50. The lowest BCUT2D eigenvalue weighted by molar-refractivity contribution is -0.122. The van der Waals surface area contributed by atoms with Gasteiger partial charge in [0, 0.05) is 11.6 Å². The van der Waals surface area contributed by atoms with Crippen LogP contribution in [0.2, 0.25) is 0 Å². The van der Waals surface area contributed by atoms with Gasteiger partial charge in [0.15, 0.2) is 12.3 Å². The van der Waals surface area contributed by atoms with Crippen molar-refractivity contribution in [1.29, 1.82) is 0 Å². The molecule has 4 rings (SSSR count). The first-order chi connectivity index (χ1) is 14.6. The molecule has 154 valence electrons. The van der Waals surface area contributed by atoms with E-state index in [0.29, 0.717) is 29.2 Å². The predicted octanol–water partition coefficient (Wildman–Crippen LogP) is 2.07. The first-order valence-corrected chi connectivity index (χ1v) is 9.45. The number of nitrogens with two attached hydrogens (primary N) is 1. The van der Waals surface area contributed by atoms with Gasteiger partial charge >= 0.3 is 0 Å². The van der Waals surface area contributed by atoms with Crippen molar-refractivity contribution >= 4 is 33.8 Å². The van der Waals surface area contributed by atoms with Crippen molar-refractivity contribution in [3.05, 3.63) is 54.0 Å². The zero-order valence-electron chi connectivity index (χ0n) is 17.0. The van der Waals surface area contributed by atoms with Crippen LogP contribution in [0.25, 0.3) is 22.2 Å². The Labute approximate surface area is 172 Å². The lowest BCUT2D eigenvalue weighted by Gasteiger charge is -2.05. The average Bonchev–Trinajstić information content (AvgIpc) is 3.16. The normalized spacial score (nSPS) is 11.2. The van der Waals surface area contributed by atoms with E-state index in [0.717, 1.165) is 16.5 Å². The minimum Gasteiger partial charge on any atom is -0.385 e. The van der Waals surface area contributed by atoms with Gasteiger partial charge in [-0.3, -0.25) is 9.78 Å². The Morgan fingerprint density at radius 1 is 1.23 bits per heavy atom. The summed E-state index contributed by atoms with van der Waals surface area (Å²) in [7, 11) is 0. The number of primary amides is 1. The van der Waals surface area contributed by atoms with E-state index < -0.39 is 5.91 Å². The zero-order valence-corrected chi connectivity index (χ0v) is 17.0. The Hall–Kier alpha value is -3.95. The molecule has 2 N–H and O–H groups in total. The molecule has 0 fully saturated rings. The molecule has 1 amide bonds. The molecule has 0 radical (unpaired) electrons. The van der Waals surface area contributed by atoms with Crippen LogP contribution in [0.4, 0.5) is 0 Å². The monoisotopic (exact) mass is 406 g/mol. The molecule has 0 bridgehead atoms. The van der Waals surface area contributed by atoms with Crippen molar-refractivity contribution in [3.63, 3.8) is 0 Å². The molecular formula is C20H22N8O2. The third kappa shape index (κ3) is 4.72. The van der Waals surface area contributed by atoms with E-state index >= 15 is 0 Å². The maximum absolute atomic E-state index is 10.7. The molecule has 4 aromatic rings. The highest BCUT2D eigenvalue weighted by molar-refractivity contribution is 5.97.